The molecule has 6 nitrogen and oxygen atoms in total. The van der Waals surface area contributed by atoms with Gasteiger partial charge in [0.05, 0.1) is 13.2 Å². The summed E-state index contributed by atoms with van der Waals surface area (Å²) in [5.74, 6) is -1.86. The molecular formula is C34H33FO6. The highest BCUT2D eigenvalue weighted by Gasteiger charge is 2.17. The quantitative estimate of drug-likeness (QED) is 0.135. The molecule has 0 atom stereocenters. The maximum absolute atomic E-state index is 15.1. The minimum Gasteiger partial charge on any atom is -0.462 e. The first-order valence-corrected chi connectivity index (χ1v) is 13.0. The third kappa shape index (κ3) is 8.86. The maximum atomic E-state index is 15.1. The molecule has 0 fully saturated rings. The number of rotatable bonds is 12. The Labute approximate surface area is 239 Å². The fraction of sp³-hybridized carbons (Fsp3) is 0.206. The van der Waals surface area contributed by atoms with Crippen LogP contribution in [0.25, 0.3) is 22.3 Å². The molecule has 0 N–H and O–H groups in total. The maximum Gasteiger partial charge on any atom is 0.338 e. The van der Waals surface area contributed by atoms with Crippen LogP contribution in [0.3, 0.4) is 0 Å². The van der Waals surface area contributed by atoms with Crippen LogP contribution in [-0.2, 0) is 30.3 Å². The molecule has 3 aromatic rings. The lowest BCUT2D eigenvalue weighted by Crippen LogP contribution is -2.23. The molecule has 0 bridgehead atoms. The standard InChI is InChI=1S/C34H33FO6/c1-21(2)32(36)39-19-25(20-40-33(37)22(3)4)17-24-7-9-26(10-8-24)28-13-16-30(31(35)18-28)27-11-14-29(15-12-27)41-34(38)23(5)6/h7-16,18,25H,1,3,5,17,19-20H2,2,4,6H3. The Bertz CT molecular complexity index is 1440. The van der Waals surface area contributed by atoms with Gasteiger partial charge in [-0.15, -0.1) is 0 Å². The van der Waals surface area contributed by atoms with Crippen LogP contribution in [0.2, 0.25) is 0 Å². The van der Waals surface area contributed by atoms with Crippen LogP contribution in [0.5, 0.6) is 5.75 Å². The lowest BCUT2D eigenvalue weighted by atomic mass is 9.96. The average Bonchev–Trinajstić information content (AvgIpc) is 2.94. The predicted octanol–water partition coefficient (Wildman–Crippen LogP) is 7.04. The van der Waals surface area contributed by atoms with E-state index in [1.54, 1.807) is 51.1 Å². The van der Waals surface area contributed by atoms with Crippen LogP contribution in [0.1, 0.15) is 26.3 Å². The summed E-state index contributed by atoms with van der Waals surface area (Å²) < 4.78 is 30.9. The molecule has 7 heteroatoms. The highest BCUT2D eigenvalue weighted by molar-refractivity contribution is 5.89. The topological polar surface area (TPSA) is 78.9 Å². The Morgan fingerprint density at radius 3 is 1.66 bits per heavy atom. The molecule has 0 aliphatic carbocycles. The van der Waals surface area contributed by atoms with E-state index in [4.69, 9.17) is 14.2 Å². The zero-order valence-electron chi connectivity index (χ0n) is 23.5. The largest absolute Gasteiger partial charge is 0.462 e. The summed E-state index contributed by atoms with van der Waals surface area (Å²) in [4.78, 5) is 35.4. The number of esters is 3. The van der Waals surface area contributed by atoms with Gasteiger partial charge in [0.25, 0.3) is 0 Å². The smallest absolute Gasteiger partial charge is 0.338 e. The Morgan fingerprint density at radius 2 is 1.17 bits per heavy atom. The van der Waals surface area contributed by atoms with Crippen LogP contribution in [0, 0.1) is 11.7 Å². The molecule has 0 aliphatic rings. The van der Waals surface area contributed by atoms with Gasteiger partial charge in [-0.05, 0) is 67.6 Å². The number of carbonyl (C=O) groups is 3. The number of benzene rings is 3. The summed E-state index contributed by atoms with van der Waals surface area (Å²) in [7, 11) is 0. The first-order valence-electron chi connectivity index (χ1n) is 13.0. The fourth-order valence-corrected chi connectivity index (χ4v) is 3.79. The van der Waals surface area contributed by atoms with E-state index in [0.717, 1.165) is 11.1 Å². The van der Waals surface area contributed by atoms with Crippen molar-refractivity contribution in [3.63, 3.8) is 0 Å². The normalized spacial score (nSPS) is 10.6. The summed E-state index contributed by atoms with van der Waals surface area (Å²) in [5.41, 5.74) is 4.37. The van der Waals surface area contributed by atoms with E-state index >= 15 is 4.39 Å². The Kier molecular flexibility index (Phi) is 10.5. The summed E-state index contributed by atoms with van der Waals surface area (Å²) in [6.07, 6.45) is 0.484. The number of carbonyl (C=O) groups excluding carboxylic acids is 3. The lowest BCUT2D eigenvalue weighted by Gasteiger charge is -2.18. The average molecular weight is 557 g/mol. The monoisotopic (exact) mass is 556 g/mol. The van der Waals surface area contributed by atoms with Gasteiger partial charge < -0.3 is 14.2 Å². The molecule has 0 aromatic heterocycles. The number of hydrogen-bond donors (Lipinski definition) is 0. The van der Waals surface area contributed by atoms with E-state index in [0.29, 0.717) is 28.9 Å². The summed E-state index contributed by atoms with van der Waals surface area (Å²) in [6, 6.07) is 19.2. The third-order valence-corrected chi connectivity index (χ3v) is 6.10. The van der Waals surface area contributed by atoms with E-state index in [9.17, 15) is 14.4 Å². The molecule has 0 spiro atoms. The van der Waals surface area contributed by atoms with Gasteiger partial charge in [-0.2, -0.15) is 0 Å². The van der Waals surface area contributed by atoms with Crippen molar-refractivity contribution in [3.05, 3.63) is 115 Å². The van der Waals surface area contributed by atoms with Crippen molar-refractivity contribution in [2.45, 2.75) is 27.2 Å². The molecule has 3 aromatic carbocycles. The fourth-order valence-electron chi connectivity index (χ4n) is 3.79. The van der Waals surface area contributed by atoms with Crippen LogP contribution in [0.15, 0.2) is 103 Å². The van der Waals surface area contributed by atoms with Crippen molar-refractivity contribution >= 4 is 17.9 Å². The predicted molar refractivity (Wildman–Crippen MR) is 156 cm³/mol. The van der Waals surface area contributed by atoms with Gasteiger partial charge in [-0.3, -0.25) is 0 Å². The van der Waals surface area contributed by atoms with E-state index in [1.165, 1.54) is 6.07 Å². The second-order valence-electron chi connectivity index (χ2n) is 9.91. The molecular weight excluding hydrogens is 523 g/mol. The van der Waals surface area contributed by atoms with Crippen molar-refractivity contribution < 1.29 is 33.0 Å². The zero-order chi connectivity index (χ0) is 30.1. The summed E-state index contributed by atoms with van der Waals surface area (Å²) >= 11 is 0. The minimum absolute atomic E-state index is 0.0564. The van der Waals surface area contributed by atoms with Gasteiger partial charge in [0.15, 0.2) is 0 Å². The first-order chi connectivity index (χ1) is 19.4. The molecule has 0 unspecified atom stereocenters. The zero-order valence-corrected chi connectivity index (χ0v) is 23.5. The highest BCUT2D eigenvalue weighted by Crippen LogP contribution is 2.30. The van der Waals surface area contributed by atoms with Crippen molar-refractivity contribution in [2.75, 3.05) is 13.2 Å². The molecule has 0 heterocycles. The van der Waals surface area contributed by atoms with Gasteiger partial charge in [-0.25, -0.2) is 18.8 Å². The minimum atomic E-state index is -0.521. The van der Waals surface area contributed by atoms with Crippen molar-refractivity contribution in [1.82, 2.24) is 0 Å². The molecule has 0 aliphatic heterocycles. The molecule has 0 saturated carbocycles. The van der Waals surface area contributed by atoms with Gasteiger partial charge in [0.1, 0.15) is 11.6 Å². The van der Waals surface area contributed by atoms with Crippen molar-refractivity contribution in [3.8, 4) is 28.0 Å². The summed E-state index contributed by atoms with van der Waals surface area (Å²) in [6.45, 7) is 15.5. The van der Waals surface area contributed by atoms with E-state index in [2.05, 4.69) is 19.7 Å². The van der Waals surface area contributed by atoms with Crippen molar-refractivity contribution in [1.29, 1.82) is 0 Å². The second-order valence-corrected chi connectivity index (χ2v) is 9.91. The Morgan fingerprint density at radius 1 is 0.683 bits per heavy atom. The highest BCUT2D eigenvalue weighted by atomic mass is 19.1. The molecule has 3 rings (SSSR count). The molecule has 0 amide bonds. The van der Waals surface area contributed by atoms with Gasteiger partial charge >= 0.3 is 17.9 Å². The van der Waals surface area contributed by atoms with Crippen molar-refractivity contribution in [2.24, 2.45) is 5.92 Å². The molecule has 41 heavy (non-hydrogen) atoms. The molecule has 0 saturated heterocycles. The van der Waals surface area contributed by atoms with Gasteiger partial charge in [0.2, 0.25) is 0 Å². The van der Waals surface area contributed by atoms with E-state index in [-0.39, 0.29) is 35.9 Å². The second kappa shape index (κ2) is 14.0. The van der Waals surface area contributed by atoms with Crippen LogP contribution in [-0.4, -0.2) is 31.1 Å². The summed E-state index contributed by atoms with van der Waals surface area (Å²) in [5, 5.41) is 0. The van der Waals surface area contributed by atoms with Crippen LogP contribution in [0.4, 0.5) is 4.39 Å². The van der Waals surface area contributed by atoms with E-state index in [1.807, 2.05) is 30.3 Å². The molecule has 0 radical (unpaired) electrons. The number of hydrogen-bond acceptors (Lipinski definition) is 6. The van der Waals surface area contributed by atoms with Crippen LogP contribution >= 0.6 is 0 Å². The number of halogens is 1. The SMILES string of the molecule is C=C(C)C(=O)OCC(COC(=O)C(=C)C)Cc1ccc(-c2ccc(-c3ccc(OC(=O)C(=C)C)cc3)c(F)c2)cc1. The first kappa shape index (κ1) is 30.8. The Balaban J connectivity index is 1.70. The van der Waals surface area contributed by atoms with Crippen LogP contribution < -0.4 is 4.74 Å². The molecule has 212 valence electrons. The lowest BCUT2D eigenvalue weighted by molar-refractivity contribution is -0.144. The van der Waals surface area contributed by atoms with Gasteiger partial charge in [0, 0.05) is 28.2 Å². The number of ether oxygens (including phenoxy) is 3. The Hall–Kier alpha value is -4.78. The van der Waals surface area contributed by atoms with Gasteiger partial charge in [-0.1, -0.05) is 68.3 Å². The van der Waals surface area contributed by atoms with E-state index < -0.39 is 23.7 Å². The third-order valence-electron chi connectivity index (χ3n) is 6.10.